The van der Waals surface area contributed by atoms with E-state index < -0.39 is 12.0 Å². The molecule has 86 valence electrons. The number of carboxylic acid groups (broad SMARTS) is 1. The highest BCUT2D eigenvalue weighted by atomic mass is 32.2. The van der Waals surface area contributed by atoms with Crippen LogP contribution in [0, 0.1) is 0 Å². The molecule has 1 saturated heterocycles. The highest BCUT2D eigenvalue weighted by molar-refractivity contribution is 7.99. The Morgan fingerprint density at radius 2 is 2.44 bits per heavy atom. The van der Waals surface area contributed by atoms with Gasteiger partial charge in [-0.3, -0.25) is 10.1 Å². The van der Waals surface area contributed by atoms with Crippen LogP contribution in [0.25, 0.3) is 0 Å². The van der Waals surface area contributed by atoms with Crippen LogP contribution in [0.2, 0.25) is 0 Å². The number of hydrogen-bond acceptors (Lipinski definition) is 4. The first kappa shape index (κ1) is 11.3. The molecule has 0 aliphatic carbocycles. The van der Waals surface area contributed by atoms with Crippen LogP contribution in [0.4, 0.5) is 0 Å². The van der Waals surface area contributed by atoms with Crippen molar-refractivity contribution in [3.05, 3.63) is 29.8 Å². The molecular formula is C11H13NO3S. The summed E-state index contributed by atoms with van der Waals surface area (Å²) in [7, 11) is 1.62. The van der Waals surface area contributed by atoms with Gasteiger partial charge in [0, 0.05) is 5.75 Å². The van der Waals surface area contributed by atoms with E-state index in [0.29, 0.717) is 5.75 Å². The second-order valence-electron chi connectivity index (χ2n) is 3.55. The van der Waals surface area contributed by atoms with Crippen LogP contribution < -0.4 is 10.1 Å². The van der Waals surface area contributed by atoms with Crippen LogP contribution in [-0.4, -0.2) is 30.0 Å². The Hall–Kier alpha value is -1.20. The van der Waals surface area contributed by atoms with Gasteiger partial charge in [0.1, 0.15) is 11.8 Å². The molecule has 16 heavy (non-hydrogen) atoms. The minimum Gasteiger partial charge on any atom is -0.497 e. The standard InChI is InChI=1S/C11H13NO3S/c1-15-8-4-2-3-7(5-8)10-12-9(6-16-10)11(13)14/h2-5,9-10,12H,6H2,1H3,(H,13,14)/t9-,10-/m0/s1. The first-order chi connectivity index (χ1) is 7.70. The van der Waals surface area contributed by atoms with Gasteiger partial charge in [0.05, 0.1) is 12.5 Å². The maximum atomic E-state index is 10.8. The molecule has 1 aliphatic heterocycles. The molecule has 0 bridgehead atoms. The van der Waals surface area contributed by atoms with Crippen molar-refractivity contribution in [2.45, 2.75) is 11.4 Å². The summed E-state index contributed by atoms with van der Waals surface area (Å²) >= 11 is 1.60. The fourth-order valence-electron chi connectivity index (χ4n) is 1.61. The number of rotatable bonds is 3. The summed E-state index contributed by atoms with van der Waals surface area (Å²) < 4.78 is 5.14. The quantitative estimate of drug-likeness (QED) is 0.836. The highest BCUT2D eigenvalue weighted by Gasteiger charge is 2.30. The van der Waals surface area contributed by atoms with Crippen LogP contribution in [0.15, 0.2) is 24.3 Å². The van der Waals surface area contributed by atoms with Crippen molar-refractivity contribution in [1.29, 1.82) is 0 Å². The molecule has 0 amide bonds. The van der Waals surface area contributed by atoms with Gasteiger partial charge in [-0.25, -0.2) is 0 Å². The molecule has 2 N–H and O–H groups in total. The lowest BCUT2D eigenvalue weighted by Gasteiger charge is -2.12. The Bertz CT molecular complexity index is 397. The zero-order chi connectivity index (χ0) is 11.5. The third kappa shape index (κ3) is 2.31. The molecule has 1 aromatic carbocycles. The van der Waals surface area contributed by atoms with Crippen molar-refractivity contribution in [3.63, 3.8) is 0 Å². The minimum atomic E-state index is -0.794. The van der Waals surface area contributed by atoms with Gasteiger partial charge in [0.2, 0.25) is 0 Å². The summed E-state index contributed by atoms with van der Waals surface area (Å²) in [5.41, 5.74) is 1.05. The van der Waals surface area contributed by atoms with Gasteiger partial charge in [0.15, 0.2) is 0 Å². The van der Waals surface area contributed by atoms with Crippen molar-refractivity contribution in [1.82, 2.24) is 5.32 Å². The van der Waals surface area contributed by atoms with Crippen LogP contribution in [-0.2, 0) is 4.79 Å². The summed E-state index contributed by atoms with van der Waals surface area (Å²) in [6.45, 7) is 0. The molecule has 0 radical (unpaired) electrons. The molecule has 2 atom stereocenters. The van der Waals surface area contributed by atoms with Crippen LogP contribution in [0.3, 0.4) is 0 Å². The van der Waals surface area contributed by atoms with Gasteiger partial charge >= 0.3 is 5.97 Å². The molecule has 0 aromatic heterocycles. The predicted molar refractivity (Wildman–Crippen MR) is 62.8 cm³/mol. The normalized spacial score (nSPS) is 24.3. The molecule has 0 spiro atoms. The van der Waals surface area contributed by atoms with Gasteiger partial charge in [-0.1, -0.05) is 12.1 Å². The van der Waals surface area contributed by atoms with Crippen molar-refractivity contribution in [3.8, 4) is 5.75 Å². The van der Waals surface area contributed by atoms with Gasteiger partial charge in [-0.05, 0) is 17.7 Å². The number of hydrogen-bond donors (Lipinski definition) is 2. The molecule has 1 heterocycles. The Morgan fingerprint density at radius 3 is 3.06 bits per heavy atom. The largest absolute Gasteiger partial charge is 0.497 e. The lowest BCUT2D eigenvalue weighted by Crippen LogP contribution is -2.33. The Kier molecular flexibility index (Phi) is 3.36. The van der Waals surface area contributed by atoms with Crippen LogP contribution in [0.5, 0.6) is 5.75 Å². The number of aliphatic carboxylic acids is 1. The molecule has 1 fully saturated rings. The SMILES string of the molecule is COc1cccc([C@H]2N[C@H](C(=O)O)CS2)c1. The highest BCUT2D eigenvalue weighted by Crippen LogP contribution is 2.34. The van der Waals surface area contributed by atoms with E-state index in [4.69, 9.17) is 9.84 Å². The average molecular weight is 239 g/mol. The van der Waals surface area contributed by atoms with Crippen molar-refractivity contribution < 1.29 is 14.6 Å². The van der Waals surface area contributed by atoms with Gasteiger partial charge < -0.3 is 9.84 Å². The fourth-order valence-corrected chi connectivity index (χ4v) is 2.83. The molecular weight excluding hydrogens is 226 g/mol. The van der Waals surface area contributed by atoms with Crippen molar-refractivity contribution in [2.24, 2.45) is 0 Å². The number of carboxylic acids is 1. The van der Waals surface area contributed by atoms with E-state index in [0.717, 1.165) is 11.3 Å². The molecule has 0 saturated carbocycles. The van der Waals surface area contributed by atoms with Crippen LogP contribution >= 0.6 is 11.8 Å². The van der Waals surface area contributed by atoms with Gasteiger partial charge in [-0.2, -0.15) is 0 Å². The van der Waals surface area contributed by atoms with E-state index in [1.165, 1.54) is 0 Å². The van der Waals surface area contributed by atoms with Gasteiger partial charge in [-0.15, -0.1) is 11.8 Å². The van der Waals surface area contributed by atoms with E-state index in [-0.39, 0.29) is 5.37 Å². The maximum absolute atomic E-state index is 10.8. The van der Waals surface area contributed by atoms with Crippen LogP contribution in [0.1, 0.15) is 10.9 Å². The summed E-state index contributed by atoms with van der Waals surface area (Å²) in [6.07, 6.45) is 0. The number of benzene rings is 1. The zero-order valence-corrected chi connectivity index (χ0v) is 9.66. The summed E-state index contributed by atoms with van der Waals surface area (Å²) in [4.78, 5) is 10.8. The fraction of sp³-hybridized carbons (Fsp3) is 0.364. The second-order valence-corrected chi connectivity index (χ2v) is 4.69. The topological polar surface area (TPSA) is 58.6 Å². The Morgan fingerprint density at radius 1 is 1.62 bits per heavy atom. The number of thioether (sulfide) groups is 1. The zero-order valence-electron chi connectivity index (χ0n) is 8.84. The first-order valence-corrected chi connectivity index (χ1v) is 6.00. The number of methoxy groups -OCH3 is 1. The van der Waals surface area contributed by atoms with E-state index >= 15 is 0 Å². The maximum Gasteiger partial charge on any atom is 0.321 e. The number of ether oxygens (including phenoxy) is 1. The summed E-state index contributed by atoms with van der Waals surface area (Å²) in [6, 6.07) is 7.22. The lowest BCUT2D eigenvalue weighted by atomic mass is 10.2. The monoisotopic (exact) mass is 239 g/mol. The minimum absolute atomic E-state index is 0.0381. The number of carbonyl (C=O) groups is 1. The van der Waals surface area contributed by atoms with E-state index in [9.17, 15) is 4.79 Å². The van der Waals surface area contributed by atoms with E-state index in [1.807, 2.05) is 24.3 Å². The summed E-state index contributed by atoms with van der Waals surface area (Å²) in [5, 5.41) is 12.0. The van der Waals surface area contributed by atoms with Gasteiger partial charge in [0.25, 0.3) is 0 Å². The summed E-state index contributed by atoms with van der Waals surface area (Å²) in [5.74, 6) is 0.591. The lowest BCUT2D eigenvalue weighted by molar-refractivity contribution is -0.138. The number of nitrogens with one attached hydrogen (secondary N) is 1. The molecule has 1 aromatic rings. The second kappa shape index (κ2) is 4.76. The van der Waals surface area contributed by atoms with E-state index in [2.05, 4.69) is 5.32 Å². The first-order valence-electron chi connectivity index (χ1n) is 4.95. The molecule has 0 unspecified atom stereocenters. The third-order valence-electron chi connectivity index (χ3n) is 2.48. The molecule has 4 nitrogen and oxygen atoms in total. The van der Waals surface area contributed by atoms with Crippen molar-refractivity contribution >= 4 is 17.7 Å². The smallest absolute Gasteiger partial charge is 0.321 e. The Balaban J connectivity index is 2.11. The molecule has 1 aliphatic rings. The molecule has 5 heteroatoms. The Labute approximate surface area is 98.0 Å². The predicted octanol–water partition coefficient (Wildman–Crippen LogP) is 1.48. The molecule has 2 rings (SSSR count). The van der Waals surface area contributed by atoms with Crippen molar-refractivity contribution in [2.75, 3.05) is 12.9 Å². The third-order valence-corrected chi connectivity index (χ3v) is 3.74. The van der Waals surface area contributed by atoms with E-state index in [1.54, 1.807) is 18.9 Å². The average Bonchev–Trinajstić information content (AvgIpc) is 2.78.